The first-order valence-corrected chi connectivity index (χ1v) is 8.32. The summed E-state index contributed by atoms with van der Waals surface area (Å²) in [5.74, 6) is 0.855. The highest BCUT2D eigenvalue weighted by Gasteiger charge is 2.31. The Bertz CT molecular complexity index is 568. The summed E-state index contributed by atoms with van der Waals surface area (Å²) < 4.78 is 1.03. The summed E-state index contributed by atoms with van der Waals surface area (Å²) in [6, 6.07) is 10.00. The second-order valence-corrected chi connectivity index (χ2v) is 6.56. The molecule has 106 valence electrons. The number of alkyl halides is 2. The first kappa shape index (κ1) is 16.1. The number of hydrogen-bond acceptors (Lipinski definition) is 1. The Kier molecular flexibility index (Phi) is 5.74. The summed E-state index contributed by atoms with van der Waals surface area (Å²) in [5.41, 5.74) is 1.78. The van der Waals surface area contributed by atoms with E-state index in [2.05, 4.69) is 20.9 Å². The van der Waals surface area contributed by atoms with E-state index < -0.39 is 0 Å². The molecule has 1 nitrogen and oxygen atoms in total. The molecule has 0 unspecified atom stereocenters. The van der Waals surface area contributed by atoms with Gasteiger partial charge in [0.25, 0.3) is 0 Å². The third-order valence-electron chi connectivity index (χ3n) is 3.35. The number of rotatable bonds is 5. The van der Waals surface area contributed by atoms with E-state index in [1.54, 1.807) is 12.4 Å². The fourth-order valence-corrected chi connectivity index (χ4v) is 3.34. The summed E-state index contributed by atoms with van der Waals surface area (Å²) in [4.78, 5) is 4.01. The van der Waals surface area contributed by atoms with Gasteiger partial charge in [0.05, 0.1) is 5.02 Å². The van der Waals surface area contributed by atoms with Crippen LogP contribution in [0.3, 0.4) is 0 Å². The molecular formula is C15H13BrCl3N. The number of pyridine rings is 1. The Balaban J connectivity index is 2.39. The highest BCUT2D eigenvalue weighted by molar-refractivity contribution is 9.10. The van der Waals surface area contributed by atoms with E-state index in [-0.39, 0.29) is 5.41 Å². The van der Waals surface area contributed by atoms with Gasteiger partial charge < -0.3 is 0 Å². The minimum atomic E-state index is -0.338. The molecule has 20 heavy (non-hydrogen) atoms. The van der Waals surface area contributed by atoms with Crippen molar-refractivity contribution in [3.8, 4) is 0 Å². The Hall–Kier alpha value is -0.280. The SMILES string of the molecule is ClCC(CCl)(Cc1ccncc1Cl)c1ccc(Br)cc1. The van der Waals surface area contributed by atoms with Crippen LogP contribution in [0.25, 0.3) is 0 Å². The summed E-state index contributed by atoms with van der Waals surface area (Å²) >= 11 is 22.1. The number of benzene rings is 1. The van der Waals surface area contributed by atoms with Crippen LogP contribution in [0.4, 0.5) is 0 Å². The molecule has 2 rings (SSSR count). The number of hydrogen-bond donors (Lipinski definition) is 0. The smallest absolute Gasteiger partial charge is 0.0621 e. The molecule has 2 aromatic rings. The highest BCUT2D eigenvalue weighted by atomic mass is 79.9. The lowest BCUT2D eigenvalue weighted by Gasteiger charge is -2.30. The monoisotopic (exact) mass is 391 g/mol. The van der Waals surface area contributed by atoms with Crippen molar-refractivity contribution in [3.05, 3.63) is 63.3 Å². The zero-order valence-electron chi connectivity index (χ0n) is 10.6. The fourth-order valence-electron chi connectivity index (χ4n) is 2.10. The van der Waals surface area contributed by atoms with Crippen molar-refractivity contribution in [3.63, 3.8) is 0 Å². The first-order valence-electron chi connectivity index (χ1n) is 6.08. The van der Waals surface area contributed by atoms with Crippen molar-refractivity contribution < 1.29 is 0 Å². The second-order valence-electron chi connectivity index (χ2n) is 4.70. The maximum atomic E-state index is 6.25. The van der Waals surface area contributed by atoms with Crippen molar-refractivity contribution in [2.45, 2.75) is 11.8 Å². The third-order valence-corrected chi connectivity index (χ3v) is 5.25. The first-order chi connectivity index (χ1) is 9.61. The van der Waals surface area contributed by atoms with Crippen LogP contribution in [0.2, 0.25) is 5.02 Å². The van der Waals surface area contributed by atoms with Gasteiger partial charge in [0.1, 0.15) is 0 Å². The van der Waals surface area contributed by atoms with Gasteiger partial charge in [-0.2, -0.15) is 0 Å². The van der Waals surface area contributed by atoms with Crippen LogP contribution in [-0.2, 0) is 11.8 Å². The molecule has 0 saturated heterocycles. The van der Waals surface area contributed by atoms with Gasteiger partial charge in [-0.15, -0.1) is 23.2 Å². The van der Waals surface area contributed by atoms with Crippen molar-refractivity contribution in [1.82, 2.24) is 4.98 Å². The van der Waals surface area contributed by atoms with Crippen LogP contribution in [0.1, 0.15) is 11.1 Å². The normalized spacial score (nSPS) is 11.6. The van der Waals surface area contributed by atoms with E-state index in [4.69, 9.17) is 34.8 Å². The maximum Gasteiger partial charge on any atom is 0.0621 e. The molecule has 0 radical (unpaired) electrons. The average molecular weight is 394 g/mol. The molecule has 0 atom stereocenters. The molecule has 0 saturated carbocycles. The quantitative estimate of drug-likeness (QED) is 0.615. The van der Waals surface area contributed by atoms with E-state index >= 15 is 0 Å². The minimum absolute atomic E-state index is 0.338. The lowest BCUT2D eigenvalue weighted by Crippen LogP contribution is -2.33. The molecule has 0 aliphatic heterocycles. The van der Waals surface area contributed by atoms with Gasteiger partial charge in [0.15, 0.2) is 0 Å². The van der Waals surface area contributed by atoms with Crippen molar-refractivity contribution in [2.24, 2.45) is 0 Å². The van der Waals surface area contributed by atoms with Crippen molar-refractivity contribution in [2.75, 3.05) is 11.8 Å². The van der Waals surface area contributed by atoms with Gasteiger partial charge in [0, 0.05) is 34.0 Å². The van der Waals surface area contributed by atoms with Gasteiger partial charge in [-0.05, 0) is 35.7 Å². The Morgan fingerprint density at radius 2 is 1.70 bits per heavy atom. The van der Waals surface area contributed by atoms with E-state index in [1.165, 1.54) is 0 Å². The molecule has 0 spiro atoms. The lowest BCUT2D eigenvalue weighted by atomic mass is 9.79. The third kappa shape index (κ3) is 3.48. The molecule has 1 aromatic heterocycles. The molecule has 1 heterocycles. The molecule has 0 amide bonds. The zero-order chi connectivity index (χ0) is 14.6. The van der Waals surface area contributed by atoms with E-state index in [0.717, 1.165) is 15.6 Å². The summed E-state index contributed by atoms with van der Waals surface area (Å²) in [6.45, 7) is 0. The largest absolute Gasteiger partial charge is 0.263 e. The zero-order valence-corrected chi connectivity index (χ0v) is 14.5. The van der Waals surface area contributed by atoms with Gasteiger partial charge in [-0.3, -0.25) is 4.98 Å². The predicted octanol–water partition coefficient (Wildman–Crippen LogP) is 5.46. The number of aromatic nitrogens is 1. The molecule has 0 aliphatic rings. The van der Waals surface area contributed by atoms with Crippen LogP contribution < -0.4 is 0 Å². The second kappa shape index (κ2) is 7.13. The average Bonchev–Trinajstić information content (AvgIpc) is 2.48. The van der Waals surface area contributed by atoms with Crippen LogP contribution in [0.15, 0.2) is 47.2 Å². The fraction of sp³-hybridized carbons (Fsp3) is 0.267. The van der Waals surface area contributed by atoms with Crippen molar-refractivity contribution in [1.29, 1.82) is 0 Å². The molecule has 1 aromatic carbocycles. The standard InChI is InChI=1S/C15H13BrCl3N/c16-13-3-1-12(2-4-13)15(9-17,10-18)7-11-5-6-20-8-14(11)19/h1-6,8H,7,9-10H2. The Morgan fingerprint density at radius 3 is 2.25 bits per heavy atom. The van der Waals surface area contributed by atoms with E-state index in [1.807, 2.05) is 30.3 Å². The minimum Gasteiger partial charge on any atom is -0.263 e. The lowest BCUT2D eigenvalue weighted by molar-refractivity contribution is 0.536. The maximum absolute atomic E-state index is 6.25. The van der Waals surface area contributed by atoms with Gasteiger partial charge in [-0.25, -0.2) is 0 Å². The molecule has 5 heteroatoms. The van der Waals surface area contributed by atoms with Crippen LogP contribution in [-0.4, -0.2) is 16.7 Å². The van der Waals surface area contributed by atoms with E-state index in [0.29, 0.717) is 23.2 Å². The Morgan fingerprint density at radius 1 is 1.05 bits per heavy atom. The van der Waals surface area contributed by atoms with Crippen LogP contribution >= 0.6 is 50.7 Å². The molecule has 0 fully saturated rings. The van der Waals surface area contributed by atoms with Gasteiger partial charge >= 0.3 is 0 Å². The summed E-state index contributed by atoms with van der Waals surface area (Å²) in [6.07, 6.45) is 4.06. The predicted molar refractivity (Wildman–Crippen MR) is 90.2 cm³/mol. The topological polar surface area (TPSA) is 12.9 Å². The molecular weight excluding hydrogens is 380 g/mol. The summed E-state index contributed by atoms with van der Waals surface area (Å²) in [7, 11) is 0. The Labute approximate surface area is 142 Å². The number of nitrogens with zero attached hydrogens (tertiary/aromatic N) is 1. The van der Waals surface area contributed by atoms with Crippen LogP contribution in [0.5, 0.6) is 0 Å². The van der Waals surface area contributed by atoms with Crippen molar-refractivity contribution >= 4 is 50.7 Å². The van der Waals surface area contributed by atoms with Gasteiger partial charge in [-0.1, -0.05) is 39.7 Å². The molecule has 0 bridgehead atoms. The number of halogens is 4. The summed E-state index contributed by atoms with van der Waals surface area (Å²) in [5, 5.41) is 0.643. The molecule has 0 aliphatic carbocycles. The van der Waals surface area contributed by atoms with Gasteiger partial charge in [0.2, 0.25) is 0 Å². The van der Waals surface area contributed by atoms with Crippen LogP contribution in [0, 0.1) is 0 Å². The van der Waals surface area contributed by atoms with E-state index in [9.17, 15) is 0 Å². The molecule has 0 N–H and O–H groups in total. The highest BCUT2D eigenvalue weighted by Crippen LogP contribution is 2.34.